The second kappa shape index (κ2) is 7.38. The Morgan fingerprint density at radius 2 is 2.14 bits per heavy atom. The van der Waals surface area contributed by atoms with Gasteiger partial charge in [-0.1, -0.05) is 42.5 Å². The maximum atomic E-state index is 11.0. The minimum Gasteiger partial charge on any atom is -0.388 e. The van der Waals surface area contributed by atoms with Crippen molar-refractivity contribution in [3.05, 3.63) is 42.0 Å². The predicted molar refractivity (Wildman–Crippen MR) is 84.5 cm³/mol. The normalized spacial score (nSPS) is 23.5. The Bertz CT molecular complexity index is 487. The van der Waals surface area contributed by atoms with E-state index in [2.05, 4.69) is 29.2 Å². The number of amides is 1. The van der Waals surface area contributed by atoms with Crippen LogP contribution >= 0.6 is 0 Å². The van der Waals surface area contributed by atoms with Crippen LogP contribution in [0.3, 0.4) is 0 Å². The molecule has 0 bridgehead atoms. The van der Waals surface area contributed by atoms with Gasteiger partial charge in [0.2, 0.25) is 5.91 Å². The van der Waals surface area contributed by atoms with Crippen molar-refractivity contribution in [2.45, 2.75) is 31.3 Å². The highest BCUT2D eigenvalue weighted by Gasteiger charge is 2.34. The summed E-state index contributed by atoms with van der Waals surface area (Å²) in [7, 11) is 0. The highest BCUT2D eigenvalue weighted by molar-refractivity contribution is 5.75. The van der Waals surface area contributed by atoms with Gasteiger partial charge in [-0.05, 0) is 31.4 Å². The Morgan fingerprint density at radius 3 is 2.86 bits per heavy atom. The Labute approximate surface area is 126 Å². The van der Waals surface area contributed by atoms with Gasteiger partial charge in [0.1, 0.15) is 0 Å². The van der Waals surface area contributed by atoms with E-state index in [1.54, 1.807) is 0 Å². The zero-order chi connectivity index (χ0) is 15.1. The zero-order valence-corrected chi connectivity index (χ0v) is 12.4. The van der Waals surface area contributed by atoms with Crippen molar-refractivity contribution in [3.8, 4) is 0 Å². The molecule has 1 fully saturated rings. The van der Waals surface area contributed by atoms with E-state index < -0.39 is 11.5 Å². The molecule has 114 valence electrons. The minimum absolute atomic E-state index is 0.0589. The molecule has 1 amide bonds. The Balaban J connectivity index is 1.78. The number of rotatable bonds is 6. The van der Waals surface area contributed by atoms with Crippen LogP contribution in [-0.4, -0.2) is 41.1 Å². The predicted octanol–water partition coefficient (Wildman–Crippen LogP) is 1.79. The molecule has 1 unspecified atom stereocenters. The fourth-order valence-corrected chi connectivity index (χ4v) is 2.91. The molecule has 1 saturated heterocycles. The number of carbonyl (C=O) groups is 1. The second-order valence-electron chi connectivity index (χ2n) is 5.85. The first-order valence-electron chi connectivity index (χ1n) is 7.52. The third-order valence-electron chi connectivity index (χ3n) is 3.86. The number of piperidine rings is 1. The number of β-amino-alcohol motifs (C(OH)–C–C–N with tert-alkyl or cyclic N) is 1. The molecule has 4 heteroatoms. The van der Waals surface area contributed by atoms with Gasteiger partial charge >= 0.3 is 0 Å². The molecule has 0 spiro atoms. The van der Waals surface area contributed by atoms with E-state index in [1.165, 1.54) is 5.56 Å². The summed E-state index contributed by atoms with van der Waals surface area (Å²) in [6.07, 6.45) is 6.82. The van der Waals surface area contributed by atoms with Gasteiger partial charge in [-0.2, -0.15) is 0 Å². The maximum absolute atomic E-state index is 11.0. The van der Waals surface area contributed by atoms with Crippen LogP contribution in [0.5, 0.6) is 0 Å². The average molecular weight is 288 g/mol. The number of hydrogen-bond acceptors (Lipinski definition) is 3. The number of nitrogens with zero attached hydrogens (tertiary/aromatic N) is 1. The molecule has 0 radical (unpaired) electrons. The lowest BCUT2D eigenvalue weighted by Crippen LogP contribution is -2.50. The number of nitrogens with two attached hydrogens (primary N) is 1. The van der Waals surface area contributed by atoms with Crippen molar-refractivity contribution >= 4 is 12.0 Å². The molecule has 0 aromatic heterocycles. The first kappa shape index (κ1) is 15.7. The Morgan fingerprint density at radius 1 is 1.38 bits per heavy atom. The molecule has 3 N–H and O–H groups in total. The van der Waals surface area contributed by atoms with Crippen LogP contribution < -0.4 is 5.73 Å². The summed E-state index contributed by atoms with van der Waals surface area (Å²) in [6, 6.07) is 10.2. The maximum Gasteiger partial charge on any atom is 0.220 e. The van der Waals surface area contributed by atoms with Crippen LogP contribution in [0.2, 0.25) is 0 Å². The minimum atomic E-state index is -0.937. The highest BCUT2D eigenvalue weighted by Crippen LogP contribution is 2.24. The molecule has 1 aromatic rings. The van der Waals surface area contributed by atoms with E-state index in [9.17, 15) is 9.90 Å². The summed E-state index contributed by atoms with van der Waals surface area (Å²) in [5, 5.41) is 10.4. The van der Waals surface area contributed by atoms with E-state index in [1.807, 2.05) is 18.2 Å². The van der Waals surface area contributed by atoms with E-state index in [-0.39, 0.29) is 6.42 Å². The molecular weight excluding hydrogens is 264 g/mol. The van der Waals surface area contributed by atoms with Crippen LogP contribution in [0.25, 0.3) is 6.08 Å². The van der Waals surface area contributed by atoms with E-state index in [0.717, 1.165) is 25.9 Å². The molecular formula is C17H24N2O2. The summed E-state index contributed by atoms with van der Waals surface area (Å²) in [4.78, 5) is 13.2. The van der Waals surface area contributed by atoms with E-state index in [0.29, 0.717) is 13.0 Å². The summed E-state index contributed by atoms with van der Waals surface area (Å²) < 4.78 is 0. The summed E-state index contributed by atoms with van der Waals surface area (Å²) >= 11 is 0. The molecule has 1 atom stereocenters. The van der Waals surface area contributed by atoms with Gasteiger partial charge in [-0.3, -0.25) is 4.79 Å². The van der Waals surface area contributed by atoms with Crippen LogP contribution in [0.15, 0.2) is 36.4 Å². The molecule has 21 heavy (non-hydrogen) atoms. The van der Waals surface area contributed by atoms with Crippen molar-refractivity contribution in [1.82, 2.24) is 4.90 Å². The van der Waals surface area contributed by atoms with Crippen molar-refractivity contribution in [1.29, 1.82) is 0 Å². The van der Waals surface area contributed by atoms with Gasteiger partial charge in [0.15, 0.2) is 0 Å². The Kier molecular flexibility index (Phi) is 5.53. The lowest BCUT2D eigenvalue weighted by Gasteiger charge is -2.38. The summed E-state index contributed by atoms with van der Waals surface area (Å²) in [6.45, 7) is 2.40. The van der Waals surface area contributed by atoms with Crippen LogP contribution in [-0.2, 0) is 4.79 Å². The smallest absolute Gasteiger partial charge is 0.220 e. The van der Waals surface area contributed by atoms with Gasteiger partial charge in [0.25, 0.3) is 0 Å². The lowest BCUT2D eigenvalue weighted by atomic mass is 9.89. The van der Waals surface area contributed by atoms with Crippen molar-refractivity contribution in [2.75, 3.05) is 19.6 Å². The first-order valence-corrected chi connectivity index (χ1v) is 7.52. The van der Waals surface area contributed by atoms with Crippen molar-refractivity contribution < 1.29 is 9.90 Å². The molecule has 0 aliphatic carbocycles. The highest BCUT2D eigenvalue weighted by atomic mass is 16.3. The molecule has 1 aromatic carbocycles. The average Bonchev–Trinajstić information content (AvgIpc) is 2.43. The number of likely N-dealkylation sites (tertiary alicyclic amines) is 1. The standard InChI is InChI=1S/C17H24N2O2/c18-16(20)13-17(21)10-6-12-19(14-17)11-5-4-9-15-7-2-1-3-8-15/h1-4,7-9,21H,5-6,10-14H2,(H2,18,20)/b9-4+. The first-order chi connectivity index (χ1) is 10.1. The van der Waals surface area contributed by atoms with E-state index in [4.69, 9.17) is 5.73 Å². The number of carbonyl (C=O) groups excluding carboxylic acids is 1. The summed E-state index contributed by atoms with van der Waals surface area (Å²) in [5.41, 5.74) is 5.47. The van der Waals surface area contributed by atoms with Gasteiger partial charge in [-0.15, -0.1) is 0 Å². The lowest BCUT2D eigenvalue weighted by molar-refractivity contribution is -0.125. The SMILES string of the molecule is NC(=O)CC1(O)CCCN(CC/C=C/c2ccccc2)C1. The molecule has 4 nitrogen and oxygen atoms in total. The monoisotopic (exact) mass is 288 g/mol. The van der Waals surface area contributed by atoms with Gasteiger partial charge in [-0.25, -0.2) is 0 Å². The van der Waals surface area contributed by atoms with Crippen LogP contribution in [0.1, 0.15) is 31.2 Å². The molecule has 1 aliphatic rings. The van der Waals surface area contributed by atoms with Crippen molar-refractivity contribution in [2.24, 2.45) is 5.73 Å². The summed E-state index contributed by atoms with van der Waals surface area (Å²) in [5.74, 6) is -0.427. The topological polar surface area (TPSA) is 66.6 Å². The number of aliphatic hydroxyl groups is 1. The van der Waals surface area contributed by atoms with Crippen LogP contribution in [0.4, 0.5) is 0 Å². The fourth-order valence-electron chi connectivity index (χ4n) is 2.91. The van der Waals surface area contributed by atoms with Crippen molar-refractivity contribution in [3.63, 3.8) is 0 Å². The van der Waals surface area contributed by atoms with Gasteiger partial charge in [0, 0.05) is 13.1 Å². The number of hydrogen-bond donors (Lipinski definition) is 2. The van der Waals surface area contributed by atoms with Gasteiger partial charge < -0.3 is 15.7 Å². The molecule has 1 aliphatic heterocycles. The number of primary amides is 1. The van der Waals surface area contributed by atoms with Gasteiger partial charge in [0.05, 0.1) is 12.0 Å². The zero-order valence-electron chi connectivity index (χ0n) is 12.4. The largest absolute Gasteiger partial charge is 0.388 e. The third-order valence-corrected chi connectivity index (χ3v) is 3.86. The quantitative estimate of drug-likeness (QED) is 0.838. The second-order valence-corrected chi connectivity index (χ2v) is 5.85. The Hall–Kier alpha value is -1.65. The van der Waals surface area contributed by atoms with Crippen LogP contribution in [0, 0.1) is 0 Å². The molecule has 1 heterocycles. The third kappa shape index (κ3) is 5.33. The molecule has 0 saturated carbocycles. The number of benzene rings is 1. The fraction of sp³-hybridized carbons (Fsp3) is 0.471. The van der Waals surface area contributed by atoms with E-state index >= 15 is 0 Å². The molecule has 2 rings (SSSR count).